The Hall–Kier alpha value is -2.71. The smallest absolute Gasteiger partial charge is 0.272 e. The Morgan fingerprint density at radius 3 is 2.59 bits per heavy atom. The molecule has 0 aliphatic heterocycles. The second kappa shape index (κ2) is 8.32. The lowest BCUT2D eigenvalue weighted by Gasteiger charge is -2.28. The highest BCUT2D eigenvalue weighted by molar-refractivity contribution is 5.92. The van der Waals surface area contributed by atoms with E-state index in [4.69, 9.17) is 0 Å². The van der Waals surface area contributed by atoms with Crippen molar-refractivity contribution in [3.63, 3.8) is 0 Å². The summed E-state index contributed by atoms with van der Waals surface area (Å²) in [7, 11) is 1.82. The molecule has 27 heavy (non-hydrogen) atoms. The summed E-state index contributed by atoms with van der Waals surface area (Å²) < 4.78 is 1.69. The largest absolute Gasteiger partial charge is 0.355 e. The highest BCUT2D eigenvalue weighted by atomic mass is 16.2. The van der Waals surface area contributed by atoms with Crippen molar-refractivity contribution in [1.82, 2.24) is 35.6 Å². The van der Waals surface area contributed by atoms with Gasteiger partial charge in [0.1, 0.15) is 11.5 Å². The molecule has 3 rings (SSSR count). The quantitative estimate of drug-likeness (QED) is 0.692. The van der Waals surface area contributed by atoms with Crippen LogP contribution in [-0.4, -0.2) is 49.4 Å². The maximum atomic E-state index is 12.3. The molecule has 2 aromatic heterocycles. The lowest BCUT2D eigenvalue weighted by molar-refractivity contribution is -0.126. The van der Waals surface area contributed by atoms with Crippen LogP contribution in [0.15, 0.2) is 6.07 Å². The van der Waals surface area contributed by atoms with Gasteiger partial charge in [0.2, 0.25) is 5.91 Å². The summed E-state index contributed by atoms with van der Waals surface area (Å²) in [6, 6.07) is 1.88. The molecule has 3 N–H and O–H groups in total. The molecule has 9 nitrogen and oxygen atoms in total. The molecule has 146 valence electrons. The highest BCUT2D eigenvalue weighted by Crippen LogP contribution is 2.24. The number of hydrogen-bond acceptors (Lipinski definition) is 5. The fourth-order valence-electron chi connectivity index (χ4n) is 3.37. The van der Waals surface area contributed by atoms with Gasteiger partial charge in [0.15, 0.2) is 5.82 Å². The standard InChI is InChI=1S/C18H27N7O2/c1-11-10-15(24-25(11)3)18(27)21-14-6-4-13(5-7-14)17(26)19-9-8-16-20-12(2)22-23-16/h10,13-14H,4-9H2,1-3H3,(H,19,26)(H,21,27)(H,20,22,23). The number of hydrogen-bond donors (Lipinski definition) is 3. The second-order valence-electron chi connectivity index (χ2n) is 7.19. The van der Waals surface area contributed by atoms with E-state index in [-0.39, 0.29) is 23.8 Å². The maximum Gasteiger partial charge on any atom is 0.272 e. The molecule has 0 bridgehead atoms. The van der Waals surface area contributed by atoms with Crippen molar-refractivity contribution in [2.75, 3.05) is 6.54 Å². The number of rotatable bonds is 6. The molecule has 0 spiro atoms. The van der Waals surface area contributed by atoms with Crippen molar-refractivity contribution in [2.24, 2.45) is 13.0 Å². The molecule has 2 aromatic rings. The topological polar surface area (TPSA) is 118 Å². The van der Waals surface area contributed by atoms with E-state index in [2.05, 4.69) is 30.9 Å². The molecule has 1 aliphatic carbocycles. The molecule has 9 heteroatoms. The van der Waals surface area contributed by atoms with E-state index in [1.54, 1.807) is 10.7 Å². The van der Waals surface area contributed by atoms with Crippen molar-refractivity contribution in [2.45, 2.75) is 52.0 Å². The number of nitrogens with one attached hydrogen (secondary N) is 3. The number of carbonyl (C=O) groups excluding carboxylic acids is 2. The van der Waals surface area contributed by atoms with E-state index in [1.807, 2.05) is 20.9 Å². The van der Waals surface area contributed by atoms with Crippen molar-refractivity contribution in [3.05, 3.63) is 29.1 Å². The van der Waals surface area contributed by atoms with Crippen LogP contribution in [0, 0.1) is 19.8 Å². The third-order valence-corrected chi connectivity index (χ3v) is 5.07. The number of amides is 2. The summed E-state index contributed by atoms with van der Waals surface area (Å²) >= 11 is 0. The molecule has 0 aromatic carbocycles. The first-order chi connectivity index (χ1) is 12.9. The predicted molar refractivity (Wildman–Crippen MR) is 99.0 cm³/mol. The molecular formula is C18H27N7O2. The summed E-state index contributed by atoms with van der Waals surface area (Å²) in [5, 5.41) is 17.1. The van der Waals surface area contributed by atoms with Gasteiger partial charge in [0.05, 0.1) is 0 Å². The monoisotopic (exact) mass is 373 g/mol. The third-order valence-electron chi connectivity index (χ3n) is 5.07. The van der Waals surface area contributed by atoms with Gasteiger partial charge in [-0.15, -0.1) is 0 Å². The Kier molecular flexibility index (Phi) is 5.88. The van der Waals surface area contributed by atoms with Crippen molar-refractivity contribution >= 4 is 11.8 Å². The zero-order valence-electron chi connectivity index (χ0n) is 16.1. The zero-order valence-corrected chi connectivity index (χ0v) is 16.1. The third kappa shape index (κ3) is 4.93. The van der Waals surface area contributed by atoms with Gasteiger partial charge in [0, 0.05) is 37.7 Å². The Bertz CT molecular complexity index is 783. The first-order valence-corrected chi connectivity index (χ1v) is 9.39. The zero-order chi connectivity index (χ0) is 19.4. The molecule has 0 unspecified atom stereocenters. The lowest BCUT2D eigenvalue weighted by atomic mass is 9.85. The van der Waals surface area contributed by atoms with Crippen molar-refractivity contribution < 1.29 is 9.59 Å². The van der Waals surface area contributed by atoms with Crippen LogP contribution in [0.4, 0.5) is 0 Å². The van der Waals surface area contributed by atoms with Crippen molar-refractivity contribution in [1.29, 1.82) is 0 Å². The van der Waals surface area contributed by atoms with Crippen LogP contribution in [0.1, 0.15) is 53.5 Å². The van der Waals surface area contributed by atoms with Gasteiger partial charge in [-0.1, -0.05) is 0 Å². The number of aromatic nitrogens is 5. The fourth-order valence-corrected chi connectivity index (χ4v) is 3.37. The van der Waals surface area contributed by atoms with Gasteiger partial charge < -0.3 is 10.6 Å². The minimum atomic E-state index is -0.145. The molecule has 1 saturated carbocycles. The van der Waals surface area contributed by atoms with Crippen LogP contribution in [0.2, 0.25) is 0 Å². The lowest BCUT2D eigenvalue weighted by Crippen LogP contribution is -2.41. The average Bonchev–Trinajstić information content (AvgIpc) is 3.21. The Morgan fingerprint density at radius 2 is 2.00 bits per heavy atom. The SMILES string of the molecule is Cc1nc(CCNC(=O)C2CCC(NC(=O)c3cc(C)n(C)n3)CC2)n[nH]1. The first-order valence-electron chi connectivity index (χ1n) is 9.39. The summed E-state index contributed by atoms with van der Waals surface area (Å²) in [5.41, 5.74) is 1.39. The van der Waals surface area contributed by atoms with Crippen LogP contribution in [-0.2, 0) is 18.3 Å². The molecule has 1 fully saturated rings. The summed E-state index contributed by atoms with van der Waals surface area (Å²) in [5.74, 6) is 1.42. The normalized spacial score (nSPS) is 19.7. The van der Waals surface area contributed by atoms with E-state index in [0.29, 0.717) is 24.5 Å². The summed E-state index contributed by atoms with van der Waals surface area (Å²) in [4.78, 5) is 28.8. The number of nitrogens with zero attached hydrogens (tertiary/aromatic N) is 4. The Morgan fingerprint density at radius 1 is 1.26 bits per heavy atom. The molecule has 1 aliphatic rings. The first kappa shape index (κ1) is 19.1. The minimum absolute atomic E-state index is 0.00382. The number of aryl methyl sites for hydroxylation is 3. The van der Waals surface area contributed by atoms with E-state index < -0.39 is 0 Å². The van der Waals surface area contributed by atoms with Gasteiger partial charge in [-0.25, -0.2) is 4.98 Å². The van der Waals surface area contributed by atoms with E-state index >= 15 is 0 Å². The molecule has 2 heterocycles. The van der Waals surface area contributed by atoms with Crippen molar-refractivity contribution in [3.8, 4) is 0 Å². The number of carbonyl (C=O) groups is 2. The highest BCUT2D eigenvalue weighted by Gasteiger charge is 2.27. The Labute approximate surface area is 158 Å². The fraction of sp³-hybridized carbons (Fsp3) is 0.611. The van der Waals surface area contributed by atoms with Gasteiger partial charge >= 0.3 is 0 Å². The van der Waals surface area contributed by atoms with Crippen LogP contribution in [0.25, 0.3) is 0 Å². The Balaban J connectivity index is 1.39. The van der Waals surface area contributed by atoms with Gasteiger partial charge in [0.25, 0.3) is 5.91 Å². The summed E-state index contributed by atoms with van der Waals surface area (Å²) in [6.07, 6.45) is 3.77. The minimum Gasteiger partial charge on any atom is -0.355 e. The molecule has 0 radical (unpaired) electrons. The van der Waals surface area contributed by atoms with Gasteiger partial charge in [-0.2, -0.15) is 10.2 Å². The summed E-state index contributed by atoms with van der Waals surface area (Å²) in [6.45, 7) is 4.30. The maximum absolute atomic E-state index is 12.3. The molecule has 0 saturated heterocycles. The van der Waals surface area contributed by atoms with Gasteiger partial charge in [-0.3, -0.25) is 19.4 Å². The predicted octanol–water partition coefficient (Wildman–Crippen LogP) is 0.803. The van der Waals surface area contributed by atoms with E-state index in [1.165, 1.54) is 0 Å². The molecule has 0 atom stereocenters. The van der Waals surface area contributed by atoms with Crippen LogP contribution in [0.5, 0.6) is 0 Å². The van der Waals surface area contributed by atoms with Crippen LogP contribution < -0.4 is 10.6 Å². The molecule has 2 amide bonds. The average molecular weight is 373 g/mol. The van der Waals surface area contributed by atoms with Gasteiger partial charge in [-0.05, 0) is 45.6 Å². The van der Waals surface area contributed by atoms with Crippen LogP contribution in [0.3, 0.4) is 0 Å². The number of H-pyrrole nitrogens is 1. The number of aromatic amines is 1. The van der Waals surface area contributed by atoms with E-state index in [9.17, 15) is 9.59 Å². The second-order valence-corrected chi connectivity index (χ2v) is 7.19. The van der Waals surface area contributed by atoms with E-state index in [0.717, 1.165) is 37.2 Å². The molecular weight excluding hydrogens is 346 g/mol. The van der Waals surface area contributed by atoms with Crippen LogP contribution >= 0.6 is 0 Å².